The number of carboxylic acids is 1. The Morgan fingerprint density at radius 2 is 1.95 bits per heavy atom. The number of thioether (sulfide) groups is 1. The predicted octanol–water partition coefficient (Wildman–Crippen LogP) is 2.68. The van der Waals surface area contributed by atoms with Gasteiger partial charge in [-0.15, -0.1) is 11.8 Å². The van der Waals surface area contributed by atoms with Crippen LogP contribution in [-0.4, -0.2) is 31.6 Å². The lowest BCUT2D eigenvalue weighted by Crippen LogP contribution is -2.21. The third-order valence-corrected chi connectivity index (χ3v) is 4.22. The van der Waals surface area contributed by atoms with Crippen molar-refractivity contribution < 1.29 is 23.8 Å². The number of hydrogen-bond donors (Lipinski definition) is 1. The van der Waals surface area contributed by atoms with Crippen LogP contribution in [0, 0.1) is 5.82 Å². The third-order valence-electron chi connectivity index (χ3n) is 3.43. The fourth-order valence-electron chi connectivity index (χ4n) is 2.25. The highest BCUT2D eigenvalue weighted by atomic mass is 32.2. The number of methoxy groups -OCH3 is 2. The molecule has 1 aliphatic carbocycles. The molecule has 0 unspecified atom stereocenters. The van der Waals surface area contributed by atoms with Gasteiger partial charge in [-0.05, 0) is 25.2 Å². The van der Waals surface area contributed by atoms with Crippen molar-refractivity contribution in [2.45, 2.75) is 23.2 Å². The van der Waals surface area contributed by atoms with E-state index in [0.29, 0.717) is 29.1 Å². The topological polar surface area (TPSA) is 55.8 Å². The van der Waals surface area contributed by atoms with Crippen molar-refractivity contribution in [1.82, 2.24) is 0 Å². The second-order valence-electron chi connectivity index (χ2n) is 4.39. The lowest BCUT2D eigenvalue weighted by molar-refractivity contribution is -0.140. The van der Waals surface area contributed by atoms with Gasteiger partial charge in [0.05, 0.1) is 24.5 Å². The van der Waals surface area contributed by atoms with Crippen LogP contribution in [0.1, 0.15) is 18.4 Å². The summed E-state index contributed by atoms with van der Waals surface area (Å²) in [6.07, 6.45) is 2.70. The highest BCUT2D eigenvalue weighted by Gasteiger charge is 2.54. The zero-order chi connectivity index (χ0) is 14.2. The summed E-state index contributed by atoms with van der Waals surface area (Å²) in [5.74, 6) is -0.859. The van der Waals surface area contributed by atoms with Crippen LogP contribution >= 0.6 is 11.8 Å². The first-order valence-electron chi connectivity index (χ1n) is 5.74. The van der Waals surface area contributed by atoms with E-state index in [9.17, 15) is 14.3 Å². The van der Waals surface area contributed by atoms with Crippen molar-refractivity contribution in [2.75, 3.05) is 20.5 Å². The molecule has 0 amide bonds. The fraction of sp³-hybridized carbons (Fsp3) is 0.462. The summed E-state index contributed by atoms with van der Waals surface area (Å²) in [6, 6.07) is 1.26. The van der Waals surface area contributed by atoms with Gasteiger partial charge in [-0.25, -0.2) is 4.39 Å². The molecule has 0 aliphatic heterocycles. The number of ether oxygens (including phenoxy) is 2. The van der Waals surface area contributed by atoms with Crippen LogP contribution in [0.4, 0.5) is 4.39 Å². The largest absolute Gasteiger partial charge is 0.492 e. The van der Waals surface area contributed by atoms with E-state index in [4.69, 9.17) is 9.47 Å². The van der Waals surface area contributed by atoms with Gasteiger partial charge >= 0.3 is 5.97 Å². The second kappa shape index (κ2) is 4.92. The van der Waals surface area contributed by atoms with Gasteiger partial charge in [0.25, 0.3) is 0 Å². The maximum atomic E-state index is 14.1. The van der Waals surface area contributed by atoms with Gasteiger partial charge in [-0.2, -0.15) is 0 Å². The van der Waals surface area contributed by atoms with Crippen LogP contribution in [0.3, 0.4) is 0 Å². The van der Waals surface area contributed by atoms with Crippen molar-refractivity contribution in [1.29, 1.82) is 0 Å². The van der Waals surface area contributed by atoms with Crippen LogP contribution in [0.2, 0.25) is 0 Å². The Morgan fingerprint density at radius 1 is 1.37 bits per heavy atom. The average molecular weight is 286 g/mol. The zero-order valence-electron chi connectivity index (χ0n) is 10.9. The molecule has 4 nitrogen and oxygen atoms in total. The molecule has 1 saturated carbocycles. The van der Waals surface area contributed by atoms with E-state index >= 15 is 0 Å². The number of halogens is 1. The summed E-state index contributed by atoms with van der Waals surface area (Å²) in [5, 5.41) is 9.33. The smallest absolute Gasteiger partial charge is 0.314 e. The molecular weight excluding hydrogens is 271 g/mol. The molecule has 2 rings (SSSR count). The maximum Gasteiger partial charge on any atom is 0.314 e. The molecule has 1 N–H and O–H groups in total. The molecule has 19 heavy (non-hydrogen) atoms. The Balaban J connectivity index is 2.69. The van der Waals surface area contributed by atoms with E-state index in [-0.39, 0.29) is 5.75 Å². The minimum absolute atomic E-state index is 0.262. The van der Waals surface area contributed by atoms with Crippen molar-refractivity contribution in [3.8, 4) is 11.5 Å². The summed E-state index contributed by atoms with van der Waals surface area (Å²) in [4.78, 5) is 11.7. The molecule has 104 valence electrons. The summed E-state index contributed by atoms with van der Waals surface area (Å²) >= 11 is 1.20. The quantitative estimate of drug-likeness (QED) is 0.843. The summed E-state index contributed by atoms with van der Waals surface area (Å²) in [6.45, 7) is 0. The number of carboxylic acid groups (broad SMARTS) is 1. The molecule has 1 aromatic rings. The molecule has 1 aliphatic rings. The highest BCUT2D eigenvalue weighted by molar-refractivity contribution is 7.98. The SMILES string of the molecule is COc1c(C2(C(=O)O)CC2)cc(F)c(SC)c1OC. The number of benzene rings is 1. The summed E-state index contributed by atoms with van der Waals surface area (Å²) in [5.41, 5.74) is -0.675. The van der Waals surface area contributed by atoms with Crippen LogP contribution < -0.4 is 9.47 Å². The van der Waals surface area contributed by atoms with E-state index in [0.717, 1.165) is 0 Å². The summed E-state index contributed by atoms with van der Waals surface area (Å²) in [7, 11) is 2.85. The van der Waals surface area contributed by atoms with E-state index in [1.807, 2.05) is 0 Å². The Bertz CT molecular complexity index is 526. The molecular formula is C13H15FO4S. The van der Waals surface area contributed by atoms with Crippen LogP contribution in [0.5, 0.6) is 11.5 Å². The van der Waals surface area contributed by atoms with Crippen LogP contribution in [-0.2, 0) is 10.2 Å². The molecule has 0 atom stereocenters. The molecule has 0 aromatic heterocycles. The molecule has 0 spiro atoms. The Kier molecular flexibility index (Phi) is 3.62. The molecule has 0 saturated heterocycles. The van der Waals surface area contributed by atoms with Crippen molar-refractivity contribution in [2.24, 2.45) is 0 Å². The van der Waals surface area contributed by atoms with E-state index in [1.165, 1.54) is 32.0 Å². The molecule has 6 heteroatoms. The number of aliphatic carboxylic acids is 1. The van der Waals surface area contributed by atoms with Crippen LogP contribution in [0.25, 0.3) is 0 Å². The minimum Gasteiger partial charge on any atom is -0.492 e. The lowest BCUT2D eigenvalue weighted by Gasteiger charge is -2.19. The molecule has 0 heterocycles. The van der Waals surface area contributed by atoms with E-state index in [2.05, 4.69) is 0 Å². The van der Waals surface area contributed by atoms with Gasteiger partial charge in [-0.3, -0.25) is 4.79 Å². The van der Waals surface area contributed by atoms with Gasteiger partial charge in [0.1, 0.15) is 5.82 Å². The fourth-order valence-corrected chi connectivity index (χ4v) is 2.86. The van der Waals surface area contributed by atoms with Crippen molar-refractivity contribution >= 4 is 17.7 Å². The van der Waals surface area contributed by atoms with E-state index in [1.54, 1.807) is 6.26 Å². The normalized spacial score (nSPS) is 16.0. The number of carbonyl (C=O) groups is 1. The number of hydrogen-bond acceptors (Lipinski definition) is 4. The lowest BCUT2D eigenvalue weighted by atomic mass is 9.94. The van der Waals surface area contributed by atoms with Gasteiger partial charge in [-0.1, -0.05) is 0 Å². The first-order chi connectivity index (χ1) is 9.01. The van der Waals surface area contributed by atoms with Gasteiger partial charge in [0, 0.05) is 5.56 Å². The molecule has 0 radical (unpaired) electrons. The van der Waals surface area contributed by atoms with Crippen LogP contribution in [0.15, 0.2) is 11.0 Å². The van der Waals surface area contributed by atoms with Gasteiger partial charge < -0.3 is 14.6 Å². The molecule has 1 aromatic carbocycles. The standard InChI is InChI=1S/C13H15FO4S/c1-17-9-7(13(4-5-13)12(15)16)6-8(14)11(19-3)10(9)18-2/h6H,4-5H2,1-3H3,(H,15,16). The summed E-state index contributed by atoms with van der Waals surface area (Å²) < 4.78 is 24.6. The highest BCUT2D eigenvalue weighted by Crippen LogP contribution is 2.55. The van der Waals surface area contributed by atoms with E-state index < -0.39 is 17.2 Å². The number of rotatable bonds is 5. The first kappa shape index (κ1) is 14.0. The van der Waals surface area contributed by atoms with Crippen molar-refractivity contribution in [3.05, 3.63) is 17.4 Å². The first-order valence-corrected chi connectivity index (χ1v) is 6.96. The Labute approximate surface area is 114 Å². The van der Waals surface area contributed by atoms with Gasteiger partial charge in [0.15, 0.2) is 11.5 Å². The van der Waals surface area contributed by atoms with Crippen molar-refractivity contribution in [3.63, 3.8) is 0 Å². The molecule has 0 bridgehead atoms. The minimum atomic E-state index is -1.03. The van der Waals surface area contributed by atoms with Gasteiger partial charge in [0.2, 0.25) is 0 Å². The second-order valence-corrected chi connectivity index (χ2v) is 5.21. The Hall–Kier alpha value is -1.43. The third kappa shape index (κ3) is 2.04. The zero-order valence-corrected chi connectivity index (χ0v) is 11.8. The average Bonchev–Trinajstić information content (AvgIpc) is 3.18. The molecule has 1 fully saturated rings. The Morgan fingerprint density at radius 3 is 2.32 bits per heavy atom. The predicted molar refractivity (Wildman–Crippen MR) is 69.8 cm³/mol. The monoisotopic (exact) mass is 286 g/mol. The maximum absolute atomic E-state index is 14.1.